The zero-order chi connectivity index (χ0) is 13.2. The number of benzene rings is 1. The Morgan fingerprint density at radius 2 is 2.00 bits per heavy atom. The molecule has 2 heterocycles. The topological polar surface area (TPSA) is 73.8 Å². The number of nitrogens with zero attached hydrogens (tertiary/aromatic N) is 4. The molecule has 2 aromatic heterocycles. The van der Waals surface area contributed by atoms with Crippen LogP contribution in [0.4, 0.5) is 5.69 Å². The van der Waals surface area contributed by atoms with Crippen LogP contribution >= 0.6 is 0 Å². The van der Waals surface area contributed by atoms with Gasteiger partial charge in [0.25, 0.3) is 5.69 Å². The Labute approximate surface area is 108 Å². The molecule has 0 amide bonds. The molecule has 3 aromatic rings. The van der Waals surface area contributed by atoms with Crippen LogP contribution in [-0.4, -0.2) is 19.5 Å². The number of hydrogen-bond acceptors (Lipinski definition) is 4. The smallest absolute Gasteiger partial charge is 0.271 e. The van der Waals surface area contributed by atoms with Crippen LogP contribution in [0.25, 0.3) is 10.9 Å². The molecule has 6 nitrogen and oxygen atoms in total. The van der Waals surface area contributed by atoms with Crippen molar-refractivity contribution in [1.82, 2.24) is 14.5 Å². The number of aromatic nitrogens is 3. The maximum atomic E-state index is 10.8. The molecular formula is C13H10N4O2. The molecule has 0 bridgehead atoms. The van der Waals surface area contributed by atoms with Gasteiger partial charge in [0, 0.05) is 36.1 Å². The van der Waals surface area contributed by atoms with Gasteiger partial charge in [0.15, 0.2) is 0 Å². The highest BCUT2D eigenvalue weighted by Crippen LogP contribution is 2.22. The summed E-state index contributed by atoms with van der Waals surface area (Å²) < 4.78 is 1.90. The van der Waals surface area contributed by atoms with Gasteiger partial charge < -0.3 is 4.57 Å². The average Bonchev–Trinajstić information content (AvgIpc) is 2.82. The van der Waals surface area contributed by atoms with Gasteiger partial charge in [-0.05, 0) is 18.2 Å². The number of nitro benzene ring substituents is 1. The SMILES string of the molecule is O=[N+]([O-])c1ccc2ccn(Cc3ncccn3)c2c1. The van der Waals surface area contributed by atoms with E-state index in [1.54, 1.807) is 30.6 Å². The normalized spacial score (nSPS) is 10.7. The molecule has 0 aliphatic rings. The summed E-state index contributed by atoms with van der Waals surface area (Å²) in [6.45, 7) is 0.492. The van der Waals surface area contributed by atoms with E-state index in [1.807, 2.05) is 16.8 Å². The fourth-order valence-electron chi connectivity index (χ4n) is 1.99. The number of rotatable bonds is 3. The van der Waals surface area contributed by atoms with Crippen molar-refractivity contribution in [3.63, 3.8) is 0 Å². The fourth-order valence-corrected chi connectivity index (χ4v) is 1.99. The number of nitro groups is 1. The Hall–Kier alpha value is -2.76. The number of fused-ring (bicyclic) bond motifs is 1. The van der Waals surface area contributed by atoms with E-state index in [0.29, 0.717) is 12.4 Å². The van der Waals surface area contributed by atoms with Gasteiger partial charge in [0.05, 0.1) is 17.0 Å². The molecule has 0 fully saturated rings. The van der Waals surface area contributed by atoms with Crippen LogP contribution in [0.5, 0.6) is 0 Å². The van der Waals surface area contributed by atoms with Gasteiger partial charge in [-0.3, -0.25) is 10.1 Å². The minimum Gasteiger partial charge on any atom is -0.340 e. The summed E-state index contributed by atoms with van der Waals surface area (Å²) in [5.41, 5.74) is 0.892. The monoisotopic (exact) mass is 254 g/mol. The maximum Gasteiger partial charge on any atom is 0.271 e. The van der Waals surface area contributed by atoms with Crippen molar-refractivity contribution >= 4 is 16.6 Å². The quantitative estimate of drug-likeness (QED) is 0.531. The molecule has 0 aliphatic heterocycles. The molecular weight excluding hydrogens is 244 g/mol. The first-order chi connectivity index (χ1) is 9.24. The van der Waals surface area contributed by atoms with Gasteiger partial charge in [-0.15, -0.1) is 0 Å². The minimum absolute atomic E-state index is 0.0847. The van der Waals surface area contributed by atoms with Crippen LogP contribution in [0.15, 0.2) is 48.9 Å². The lowest BCUT2D eigenvalue weighted by molar-refractivity contribution is -0.384. The highest BCUT2D eigenvalue weighted by atomic mass is 16.6. The first kappa shape index (κ1) is 11.3. The Bertz CT molecular complexity index is 737. The molecule has 0 saturated carbocycles. The second-order valence-corrected chi connectivity index (χ2v) is 4.11. The van der Waals surface area contributed by atoms with E-state index in [0.717, 1.165) is 10.9 Å². The lowest BCUT2D eigenvalue weighted by Gasteiger charge is -2.03. The van der Waals surface area contributed by atoms with E-state index < -0.39 is 4.92 Å². The van der Waals surface area contributed by atoms with Crippen molar-refractivity contribution in [3.8, 4) is 0 Å². The summed E-state index contributed by atoms with van der Waals surface area (Å²) in [4.78, 5) is 18.7. The molecule has 0 radical (unpaired) electrons. The van der Waals surface area contributed by atoms with Gasteiger partial charge in [0.1, 0.15) is 5.82 Å². The van der Waals surface area contributed by atoms with E-state index in [1.165, 1.54) is 6.07 Å². The van der Waals surface area contributed by atoms with Crippen LogP contribution in [0.1, 0.15) is 5.82 Å². The van der Waals surface area contributed by atoms with E-state index in [9.17, 15) is 10.1 Å². The molecule has 1 aromatic carbocycles. The Kier molecular flexibility index (Phi) is 2.68. The molecule has 6 heteroatoms. The Balaban J connectivity index is 2.04. The summed E-state index contributed by atoms with van der Waals surface area (Å²) in [7, 11) is 0. The number of non-ortho nitro benzene ring substituents is 1. The Morgan fingerprint density at radius 1 is 1.21 bits per heavy atom. The molecule has 0 atom stereocenters. The summed E-state index contributed by atoms with van der Waals surface area (Å²) >= 11 is 0. The van der Waals surface area contributed by atoms with Gasteiger partial charge in [0.2, 0.25) is 0 Å². The van der Waals surface area contributed by atoms with Crippen LogP contribution in [-0.2, 0) is 6.54 Å². The lowest BCUT2D eigenvalue weighted by atomic mass is 10.2. The first-order valence-electron chi connectivity index (χ1n) is 5.73. The predicted molar refractivity (Wildman–Crippen MR) is 69.7 cm³/mol. The van der Waals surface area contributed by atoms with E-state index in [-0.39, 0.29) is 5.69 Å². The van der Waals surface area contributed by atoms with Gasteiger partial charge in [-0.25, -0.2) is 9.97 Å². The van der Waals surface area contributed by atoms with Crippen LogP contribution < -0.4 is 0 Å². The summed E-state index contributed by atoms with van der Waals surface area (Å²) in [6.07, 6.45) is 5.23. The van der Waals surface area contributed by atoms with Gasteiger partial charge in [-0.2, -0.15) is 0 Å². The zero-order valence-corrected chi connectivity index (χ0v) is 9.93. The molecule has 19 heavy (non-hydrogen) atoms. The van der Waals surface area contributed by atoms with Crippen LogP contribution in [0.2, 0.25) is 0 Å². The number of hydrogen-bond donors (Lipinski definition) is 0. The lowest BCUT2D eigenvalue weighted by Crippen LogP contribution is -2.02. The second-order valence-electron chi connectivity index (χ2n) is 4.11. The minimum atomic E-state index is -0.393. The van der Waals surface area contributed by atoms with Crippen LogP contribution in [0.3, 0.4) is 0 Å². The third-order valence-electron chi connectivity index (χ3n) is 2.90. The molecule has 0 saturated heterocycles. The third kappa shape index (κ3) is 2.15. The predicted octanol–water partition coefficient (Wildman–Crippen LogP) is 2.39. The van der Waals surface area contributed by atoms with E-state index >= 15 is 0 Å². The summed E-state index contributed by atoms with van der Waals surface area (Å²) in [6, 6.07) is 8.49. The fraction of sp³-hybridized carbons (Fsp3) is 0.0769. The van der Waals surface area contributed by atoms with E-state index in [4.69, 9.17) is 0 Å². The molecule has 0 aliphatic carbocycles. The van der Waals surface area contributed by atoms with Crippen molar-refractivity contribution in [2.75, 3.05) is 0 Å². The van der Waals surface area contributed by atoms with Gasteiger partial charge in [-0.1, -0.05) is 0 Å². The van der Waals surface area contributed by atoms with Crippen molar-refractivity contribution in [2.45, 2.75) is 6.54 Å². The largest absolute Gasteiger partial charge is 0.340 e. The standard InChI is InChI=1S/C13H10N4O2/c18-17(19)11-3-2-10-4-7-16(12(10)8-11)9-13-14-5-1-6-15-13/h1-8H,9H2. The zero-order valence-electron chi connectivity index (χ0n) is 9.93. The molecule has 0 unspecified atom stereocenters. The van der Waals surface area contributed by atoms with Crippen molar-refractivity contribution in [3.05, 3.63) is 64.9 Å². The molecule has 0 N–H and O–H groups in total. The maximum absolute atomic E-state index is 10.8. The van der Waals surface area contributed by atoms with Gasteiger partial charge >= 0.3 is 0 Å². The third-order valence-corrected chi connectivity index (χ3v) is 2.90. The highest BCUT2D eigenvalue weighted by molar-refractivity contribution is 5.82. The average molecular weight is 254 g/mol. The van der Waals surface area contributed by atoms with Crippen molar-refractivity contribution in [2.24, 2.45) is 0 Å². The molecule has 3 rings (SSSR count). The summed E-state index contributed by atoms with van der Waals surface area (Å²) in [5.74, 6) is 0.673. The second kappa shape index (κ2) is 4.49. The highest BCUT2D eigenvalue weighted by Gasteiger charge is 2.09. The summed E-state index contributed by atoms with van der Waals surface area (Å²) in [5, 5.41) is 11.8. The Morgan fingerprint density at radius 3 is 2.74 bits per heavy atom. The van der Waals surface area contributed by atoms with Crippen molar-refractivity contribution in [1.29, 1.82) is 0 Å². The van der Waals surface area contributed by atoms with Crippen LogP contribution in [0, 0.1) is 10.1 Å². The van der Waals surface area contributed by atoms with Crippen molar-refractivity contribution < 1.29 is 4.92 Å². The molecule has 94 valence electrons. The van der Waals surface area contributed by atoms with E-state index in [2.05, 4.69) is 9.97 Å². The first-order valence-corrected chi connectivity index (χ1v) is 5.73. The molecule has 0 spiro atoms.